The zero-order valence-corrected chi connectivity index (χ0v) is 12.9. The predicted molar refractivity (Wildman–Crippen MR) is 79.1 cm³/mol. The number of hydrogen-bond donors (Lipinski definition) is 3. The molecule has 2 aromatic rings. The van der Waals surface area contributed by atoms with Crippen LogP contribution in [0.15, 0.2) is 22.4 Å². The maximum atomic E-state index is 12.2. The molecule has 0 fully saturated rings. The number of aromatic nitrogens is 2. The monoisotopic (exact) mass is 329 g/mol. The third-order valence-corrected chi connectivity index (χ3v) is 5.55. The number of thiophene rings is 1. The largest absolute Gasteiger partial charge is 0.481 e. The highest BCUT2D eigenvalue weighted by Gasteiger charge is 2.19. The van der Waals surface area contributed by atoms with Crippen LogP contribution in [0.25, 0.3) is 0 Å². The summed E-state index contributed by atoms with van der Waals surface area (Å²) in [5, 5.41) is 15.4. The van der Waals surface area contributed by atoms with Crippen LogP contribution in [-0.2, 0) is 27.7 Å². The van der Waals surface area contributed by atoms with Crippen molar-refractivity contribution < 1.29 is 18.3 Å². The first-order chi connectivity index (χ1) is 9.90. The van der Waals surface area contributed by atoms with E-state index in [-0.39, 0.29) is 16.4 Å². The van der Waals surface area contributed by atoms with Crippen LogP contribution in [0.1, 0.15) is 23.9 Å². The number of carboxylic acid groups (broad SMARTS) is 1. The standard InChI is InChI=1S/C12H15N3O4S2/c1-2-3-8-6-10(14-13-8)15-21(18,19)12-5-4-9(20-12)7-11(16)17/h4-6H,2-3,7H2,1H3,(H,16,17)(H2,13,14,15). The number of sulfonamides is 1. The van der Waals surface area contributed by atoms with E-state index in [1.807, 2.05) is 6.92 Å². The Morgan fingerprint density at radius 1 is 1.48 bits per heavy atom. The van der Waals surface area contributed by atoms with Crippen molar-refractivity contribution in [2.75, 3.05) is 4.72 Å². The van der Waals surface area contributed by atoms with Gasteiger partial charge in [-0.05, 0) is 18.6 Å². The van der Waals surface area contributed by atoms with E-state index in [0.29, 0.717) is 4.88 Å². The molecular formula is C12H15N3O4S2. The first-order valence-corrected chi connectivity index (χ1v) is 8.58. The SMILES string of the molecule is CCCc1cc(NS(=O)(=O)c2ccc(CC(=O)O)s2)n[nH]1. The van der Waals surface area contributed by atoms with Crippen molar-refractivity contribution in [2.45, 2.75) is 30.4 Å². The number of aliphatic carboxylic acids is 1. The van der Waals surface area contributed by atoms with E-state index in [1.165, 1.54) is 12.1 Å². The summed E-state index contributed by atoms with van der Waals surface area (Å²) in [6, 6.07) is 4.54. The van der Waals surface area contributed by atoms with Gasteiger partial charge in [-0.2, -0.15) is 5.10 Å². The molecule has 0 saturated heterocycles. The maximum absolute atomic E-state index is 12.2. The van der Waals surface area contributed by atoms with Crippen molar-refractivity contribution in [3.63, 3.8) is 0 Å². The van der Waals surface area contributed by atoms with Gasteiger partial charge >= 0.3 is 5.97 Å². The number of aryl methyl sites for hydroxylation is 1. The molecule has 0 unspecified atom stereocenters. The Morgan fingerprint density at radius 2 is 2.24 bits per heavy atom. The number of rotatable bonds is 7. The van der Waals surface area contributed by atoms with E-state index in [0.717, 1.165) is 29.9 Å². The van der Waals surface area contributed by atoms with Crippen molar-refractivity contribution in [3.05, 3.63) is 28.8 Å². The molecule has 0 aliphatic rings. The molecule has 0 radical (unpaired) electrons. The Morgan fingerprint density at radius 3 is 2.90 bits per heavy atom. The fraction of sp³-hybridized carbons (Fsp3) is 0.333. The lowest BCUT2D eigenvalue weighted by Crippen LogP contribution is -2.11. The van der Waals surface area contributed by atoms with Gasteiger partial charge in [0.25, 0.3) is 10.0 Å². The average Bonchev–Trinajstić information content (AvgIpc) is 2.98. The number of anilines is 1. The highest BCUT2D eigenvalue weighted by Crippen LogP contribution is 2.24. The molecule has 2 heterocycles. The molecule has 0 saturated carbocycles. The molecule has 0 amide bonds. The second kappa shape index (κ2) is 6.27. The van der Waals surface area contributed by atoms with Gasteiger partial charge in [-0.3, -0.25) is 14.6 Å². The number of nitrogens with zero attached hydrogens (tertiary/aromatic N) is 1. The third kappa shape index (κ3) is 4.05. The van der Waals surface area contributed by atoms with Crippen LogP contribution in [0.5, 0.6) is 0 Å². The molecule has 0 atom stereocenters. The number of H-pyrrole nitrogens is 1. The normalized spacial score (nSPS) is 11.5. The second-order valence-corrected chi connectivity index (χ2v) is 7.50. The zero-order valence-electron chi connectivity index (χ0n) is 11.3. The Balaban J connectivity index is 2.13. The summed E-state index contributed by atoms with van der Waals surface area (Å²) in [5.74, 6) is -0.767. The first-order valence-electron chi connectivity index (χ1n) is 6.28. The summed E-state index contributed by atoms with van der Waals surface area (Å²) in [4.78, 5) is 11.1. The molecular weight excluding hydrogens is 314 g/mol. The Bertz CT molecular complexity index is 733. The fourth-order valence-corrected chi connectivity index (χ4v) is 4.08. The smallest absolute Gasteiger partial charge is 0.308 e. The van der Waals surface area contributed by atoms with Gasteiger partial charge in [0, 0.05) is 16.6 Å². The van der Waals surface area contributed by atoms with Crippen LogP contribution in [0.4, 0.5) is 5.82 Å². The maximum Gasteiger partial charge on any atom is 0.308 e. The molecule has 0 spiro atoms. The van der Waals surface area contributed by atoms with Crippen LogP contribution in [-0.4, -0.2) is 29.7 Å². The lowest BCUT2D eigenvalue weighted by Gasteiger charge is -2.01. The molecule has 7 nitrogen and oxygen atoms in total. The van der Waals surface area contributed by atoms with Crippen molar-refractivity contribution in [3.8, 4) is 0 Å². The predicted octanol–water partition coefficient (Wildman–Crippen LogP) is 1.85. The third-order valence-electron chi connectivity index (χ3n) is 2.62. The fourth-order valence-electron chi connectivity index (χ4n) is 1.75. The number of nitrogens with one attached hydrogen (secondary N) is 2. The van der Waals surface area contributed by atoms with Gasteiger partial charge in [-0.25, -0.2) is 8.42 Å². The molecule has 2 rings (SSSR count). The van der Waals surface area contributed by atoms with Gasteiger partial charge < -0.3 is 5.11 Å². The molecule has 9 heteroatoms. The number of carboxylic acids is 1. The molecule has 114 valence electrons. The second-order valence-electron chi connectivity index (χ2n) is 4.43. The molecule has 2 aromatic heterocycles. The van der Waals surface area contributed by atoms with Crippen molar-refractivity contribution in [1.82, 2.24) is 10.2 Å². The van der Waals surface area contributed by atoms with Crippen LogP contribution in [0.2, 0.25) is 0 Å². The van der Waals surface area contributed by atoms with Crippen LogP contribution in [0, 0.1) is 0 Å². The molecule has 0 bridgehead atoms. The zero-order chi connectivity index (χ0) is 15.5. The van der Waals surface area contributed by atoms with E-state index in [9.17, 15) is 13.2 Å². The topological polar surface area (TPSA) is 112 Å². The quantitative estimate of drug-likeness (QED) is 0.717. The number of carbonyl (C=O) groups is 1. The van der Waals surface area contributed by atoms with Gasteiger partial charge in [-0.15, -0.1) is 11.3 Å². The van der Waals surface area contributed by atoms with E-state index >= 15 is 0 Å². The van der Waals surface area contributed by atoms with Crippen molar-refractivity contribution in [2.24, 2.45) is 0 Å². The van der Waals surface area contributed by atoms with E-state index in [4.69, 9.17) is 5.11 Å². The Hall–Kier alpha value is -1.87. The molecule has 0 aromatic carbocycles. The van der Waals surface area contributed by atoms with Crippen LogP contribution >= 0.6 is 11.3 Å². The number of aromatic amines is 1. The molecule has 0 aliphatic carbocycles. The lowest BCUT2D eigenvalue weighted by atomic mass is 10.2. The van der Waals surface area contributed by atoms with E-state index < -0.39 is 16.0 Å². The summed E-state index contributed by atoms with van der Waals surface area (Å²) in [5.41, 5.74) is 0.855. The van der Waals surface area contributed by atoms with Gasteiger partial charge in [0.15, 0.2) is 5.82 Å². The number of hydrogen-bond acceptors (Lipinski definition) is 5. The molecule has 21 heavy (non-hydrogen) atoms. The van der Waals surface area contributed by atoms with Gasteiger partial charge in [0.1, 0.15) is 4.21 Å². The van der Waals surface area contributed by atoms with Gasteiger partial charge in [0.05, 0.1) is 6.42 Å². The van der Waals surface area contributed by atoms with Crippen molar-refractivity contribution >= 4 is 33.1 Å². The van der Waals surface area contributed by atoms with Crippen LogP contribution < -0.4 is 4.72 Å². The van der Waals surface area contributed by atoms with Gasteiger partial charge in [-0.1, -0.05) is 13.3 Å². The summed E-state index contributed by atoms with van der Waals surface area (Å²) in [7, 11) is -3.74. The Labute approximate surface area is 126 Å². The summed E-state index contributed by atoms with van der Waals surface area (Å²) < 4.78 is 26.8. The Kier molecular flexibility index (Phi) is 4.63. The first kappa shape index (κ1) is 15.5. The minimum absolute atomic E-state index is 0.0683. The lowest BCUT2D eigenvalue weighted by molar-refractivity contribution is -0.136. The molecule has 3 N–H and O–H groups in total. The highest BCUT2D eigenvalue weighted by atomic mass is 32.2. The molecule has 0 aliphatic heterocycles. The summed E-state index contributed by atoms with van der Waals surface area (Å²) in [6.45, 7) is 2.01. The average molecular weight is 329 g/mol. The minimum atomic E-state index is -3.74. The van der Waals surface area contributed by atoms with E-state index in [2.05, 4.69) is 14.9 Å². The van der Waals surface area contributed by atoms with E-state index in [1.54, 1.807) is 6.07 Å². The minimum Gasteiger partial charge on any atom is -0.481 e. The summed E-state index contributed by atoms with van der Waals surface area (Å²) >= 11 is 0.935. The summed E-state index contributed by atoms with van der Waals surface area (Å²) in [6.07, 6.45) is 1.53. The van der Waals surface area contributed by atoms with Crippen LogP contribution in [0.3, 0.4) is 0 Å². The van der Waals surface area contributed by atoms with Crippen molar-refractivity contribution in [1.29, 1.82) is 0 Å². The van der Waals surface area contributed by atoms with Gasteiger partial charge in [0.2, 0.25) is 0 Å². The highest BCUT2D eigenvalue weighted by molar-refractivity contribution is 7.94.